The molecule has 0 radical (unpaired) electrons. The molecule has 0 saturated heterocycles. The summed E-state index contributed by atoms with van der Waals surface area (Å²) in [6.07, 6.45) is 0. The third kappa shape index (κ3) is 5.28. The number of carbonyl (C=O) groups is 1. The minimum Gasteiger partial charge on any atom is -0.326 e. The molecule has 0 unspecified atom stereocenters. The molecule has 0 heterocycles. The smallest absolute Gasteiger partial charge is 0.255 e. The average molecular weight is 351 g/mol. The summed E-state index contributed by atoms with van der Waals surface area (Å²) in [5.41, 5.74) is 7.94. The lowest BCUT2D eigenvalue weighted by Gasteiger charge is -2.07. The van der Waals surface area contributed by atoms with Gasteiger partial charge in [-0.05, 0) is 42.0 Å². The first-order valence-electron chi connectivity index (χ1n) is 6.83. The Labute approximate surface area is 144 Å². The van der Waals surface area contributed by atoms with Gasteiger partial charge in [0.25, 0.3) is 5.91 Å². The monoisotopic (exact) mass is 350 g/mol. The average Bonchev–Trinajstić information content (AvgIpc) is 2.56. The van der Waals surface area contributed by atoms with E-state index in [1.807, 2.05) is 42.5 Å². The largest absolute Gasteiger partial charge is 0.326 e. The van der Waals surface area contributed by atoms with Crippen molar-refractivity contribution in [3.05, 3.63) is 59.7 Å². The Bertz CT molecular complexity index is 617. The van der Waals surface area contributed by atoms with Crippen LogP contribution in [0.25, 0.3) is 0 Å². The molecule has 2 rings (SSSR count). The lowest BCUT2D eigenvalue weighted by molar-refractivity contribution is 0.102. The van der Waals surface area contributed by atoms with Crippen molar-refractivity contribution in [3.63, 3.8) is 0 Å². The van der Waals surface area contributed by atoms with Crippen LogP contribution in [0, 0.1) is 0 Å². The quantitative estimate of drug-likeness (QED) is 0.400. The van der Waals surface area contributed by atoms with E-state index in [9.17, 15) is 4.79 Å². The lowest BCUT2D eigenvalue weighted by Crippen LogP contribution is -2.12. The van der Waals surface area contributed by atoms with E-state index in [0.29, 0.717) is 12.1 Å². The van der Waals surface area contributed by atoms with Crippen molar-refractivity contribution in [1.82, 2.24) is 0 Å². The van der Waals surface area contributed by atoms with Gasteiger partial charge in [-0.15, -0.1) is 0 Å². The Kier molecular flexibility index (Phi) is 7.18. The van der Waals surface area contributed by atoms with E-state index in [4.69, 9.17) is 5.73 Å². The van der Waals surface area contributed by atoms with Crippen LogP contribution in [0.2, 0.25) is 0 Å². The van der Waals surface area contributed by atoms with Crippen LogP contribution in [0.1, 0.15) is 15.9 Å². The van der Waals surface area contributed by atoms with E-state index in [0.717, 1.165) is 27.7 Å². The second-order valence-corrected chi connectivity index (χ2v) is 7.45. The zero-order valence-electron chi connectivity index (χ0n) is 12.0. The minimum atomic E-state index is -0.125. The van der Waals surface area contributed by atoms with Crippen LogP contribution >= 0.6 is 34.2 Å². The molecule has 0 aliphatic rings. The number of rotatable bonds is 7. The minimum absolute atomic E-state index is 0.125. The summed E-state index contributed by atoms with van der Waals surface area (Å²) in [5.74, 6) is 1.75. The molecule has 3 N–H and O–H groups in total. The van der Waals surface area contributed by atoms with Gasteiger partial charge in [0.05, 0.1) is 0 Å². The molecule has 1 amide bonds. The Morgan fingerprint density at radius 3 is 2.64 bits per heavy atom. The van der Waals surface area contributed by atoms with E-state index >= 15 is 0 Å². The molecule has 2 aromatic carbocycles. The van der Waals surface area contributed by atoms with Crippen LogP contribution in [0.3, 0.4) is 0 Å². The van der Waals surface area contributed by atoms with Gasteiger partial charge in [0, 0.05) is 34.2 Å². The number of carbonyl (C=O) groups excluding carboxylic acids is 1. The molecule has 0 atom stereocenters. The summed E-state index contributed by atoms with van der Waals surface area (Å²) in [6.45, 7) is 0.428. The van der Waals surface area contributed by atoms with Crippen molar-refractivity contribution >= 4 is 45.8 Å². The van der Waals surface area contributed by atoms with Gasteiger partial charge in [-0.3, -0.25) is 4.79 Å². The number of thiol groups is 1. The van der Waals surface area contributed by atoms with Crippen LogP contribution in [0.15, 0.2) is 53.4 Å². The molecule has 6 heteroatoms. The molecule has 0 bridgehead atoms. The Morgan fingerprint density at radius 2 is 1.95 bits per heavy atom. The summed E-state index contributed by atoms with van der Waals surface area (Å²) in [5, 5.41) is 2.90. The topological polar surface area (TPSA) is 55.1 Å². The number of hydrogen-bond donors (Lipinski definition) is 3. The van der Waals surface area contributed by atoms with Crippen molar-refractivity contribution in [2.75, 3.05) is 16.8 Å². The lowest BCUT2D eigenvalue weighted by atomic mass is 10.1. The molecule has 3 nitrogen and oxygen atoms in total. The van der Waals surface area contributed by atoms with E-state index in [1.54, 1.807) is 27.7 Å². The fourth-order valence-electron chi connectivity index (χ4n) is 1.78. The zero-order valence-corrected chi connectivity index (χ0v) is 14.5. The maximum absolute atomic E-state index is 12.2. The molecule has 0 aliphatic heterocycles. The van der Waals surface area contributed by atoms with Crippen LogP contribution < -0.4 is 11.1 Å². The first-order chi connectivity index (χ1) is 10.7. The Balaban J connectivity index is 1.96. The van der Waals surface area contributed by atoms with Gasteiger partial charge >= 0.3 is 0 Å². The number of anilines is 1. The molecular weight excluding hydrogens is 332 g/mol. The standard InChI is InChI=1S/C16H18N2OS3/c17-11-12-2-1-3-13(10-12)16(19)18-14-4-6-15(7-5-14)22-21-9-8-20/h1-7,10,20H,8-9,11,17H2,(H,18,19). The molecule has 0 aromatic heterocycles. The van der Waals surface area contributed by atoms with E-state index in [1.165, 1.54) is 0 Å². The van der Waals surface area contributed by atoms with E-state index < -0.39 is 0 Å². The van der Waals surface area contributed by atoms with E-state index in [-0.39, 0.29) is 5.91 Å². The maximum Gasteiger partial charge on any atom is 0.255 e. The predicted molar refractivity (Wildman–Crippen MR) is 101 cm³/mol. The maximum atomic E-state index is 12.2. The van der Waals surface area contributed by atoms with Gasteiger partial charge in [-0.2, -0.15) is 12.6 Å². The highest BCUT2D eigenvalue weighted by molar-refractivity contribution is 8.76. The van der Waals surface area contributed by atoms with Gasteiger partial charge in [0.1, 0.15) is 0 Å². The summed E-state index contributed by atoms with van der Waals surface area (Å²) in [7, 11) is 3.48. The van der Waals surface area contributed by atoms with Crippen LogP contribution in [0.5, 0.6) is 0 Å². The van der Waals surface area contributed by atoms with Gasteiger partial charge in [-0.25, -0.2) is 0 Å². The number of hydrogen-bond acceptors (Lipinski definition) is 5. The number of nitrogens with two attached hydrogens (primary N) is 1. The van der Waals surface area contributed by atoms with Crippen molar-refractivity contribution < 1.29 is 4.79 Å². The van der Waals surface area contributed by atoms with Gasteiger partial charge < -0.3 is 11.1 Å². The summed E-state index contributed by atoms with van der Waals surface area (Å²) in [4.78, 5) is 13.4. The molecule has 2 aromatic rings. The SMILES string of the molecule is NCc1cccc(C(=O)Nc2ccc(SSCCS)cc2)c1. The molecule has 0 fully saturated rings. The first-order valence-corrected chi connectivity index (χ1v) is 9.79. The molecular formula is C16H18N2OS3. The highest BCUT2D eigenvalue weighted by atomic mass is 33.1. The normalized spacial score (nSPS) is 10.5. The van der Waals surface area contributed by atoms with Crippen molar-refractivity contribution in [2.24, 2.45) is 5.73 Å². The summed E-state index contributed by atoms with van der Waals surface area (Å²) >= 11 is 4.18. The fraction of sp³-hybridized carbons (Fsp3) is 0.188. The zero-order chi connectivity index (χ0) is 15.8. The fourth-order valence-corrected chi connectivity index (χ4v) is 4.21. The molecule has 0 spiro atoms. The Hall–Kier alpha value is -1.08. The van der Waals surface area contributed by atoms with E-state index in [2.05, 4.69) is 17.9 Å². The van der Waals surface area contributed by atoms with Crippen molar-refractivity contribution in [1.29, 1.82) is 0 Å². The second-order valence-electron chi connectivity index (χ2n) is 4.51. The van der Waals surface area contributed by atoms with Crippen LogP contribution in [-0.4, -0.2) is 17.4 Å². The van der Waals surface area contributed by atoms with Crippen molar-refractivity contribution in [2.45, 2.75) is 11.4 Å². The predicted octanol–water partition coefficient (Wildman–Crippen LogP) is 4.07. The van der Waals surface area contributed by atoms with Crippen LogP contribution in [-0.2, 0) is 6.54 Å². The summed E-state index contributed by atoms with van der Waals surface area (Å²) < 4.78 is 0. The number of nitrogens with one attached hydrogen (secondary N) is 1. The third-order valence-electron chi connectivity index (χ3n) is 2.87. The van der Waals surface area contributed by atoms with Gasteiger partial charge in [-0.1, -0.05) is 33.7 Å². The highest BCUT2D eigenvalue weighted by Crippen LogP contribution is 2.31. The summed E-state index contributed by atoms with van der Waals surface area (Å²) in [6, 6.07) is 15.2. The first kappa shape index (κ1) is 17.3. The van der Waals surface area contributed by atoms with Gasteiger partial charge in [0.15, 0.2) is 0 Å². The van der Waals surface area contributed by atoms with Gasteiger partial charge in [0.2, 0.25) is 0 Å². The Morgan fingerprint density at radius 1 is 1.18 bits per heavy atom. The third-order valence-corrected chi connectivity index (χ3v) is 5.78. The highest BCUT2D eigenvalue weighted by Gasteiger charge is 2.06. The number of amides is 1. The molecule has 0 saturated carbocycles. The molecule has 0 aliphatic carbocycles. The second kappa shape index (κ2) is 9.15. The molecule has 116 valence electrons. The number of benzene rings is 2. The molecule has 22 heavy (non-hydrogen) atoms. The van der Waals surface area contributed by atoms with Crippen LogP contribution in [0.4, 0.5) is 5.69 Å². The van der Waals surface area contributed by atoms with Crippen molar-refractivity contribution in [3.8, 4) is 0 Å².